The highest BCUT2D eigenvalue weighted by Gasteiger charge is 2.27. The summed E-state index contributed by atoms with van der Waals surface area (Å²) in [4.78, 5) is 14.3. The van der Waals surface area contributed by atoms with Crippen molar-refractivity contribution in [3.05, 3.63) is 0 Å². The topological polar surface area (TPSA) is 58.4 Å². The Balaban J connectivity index is 2.41. The summed E-state index contributed by atoms with van der Waals surface area (Å²) < 4.78 is 0. The van der Waals surface area contributed by atoms with Gasteiger partial charge < -0.3 is 11.1 Å². The molecule has 0 saturated carbocycles. The largest absolute Gasteiger partial charge is 0.350 e. The van der Waals surface area contributed by atoms with Crippen LogP contribution in [-0.4, -0.2) is 42.0 Å². The van der Waals surface area contributed by atoms with Crippen molar-refractivity contribution in [3.63, 3.8) is 0 Å². The maximum Gasteiger partial charge on any atom is 0.234 e. The van der Waals surface area contributed by atoms with Gasteiger partial charge in [0.15, 0.2) is 0 Å². The van der Waals surface area contributed by atoms with E-state index in [0.29, 0.717) is 12.6 Å². The molecule has 0 aliphatic carbocycles. The summed E-state index contributed by atoms with van der Waals surface area (Å²) in [5.41, 5.74) is 5.86. The predicted octanol–water partition coefficient (Wildman–Crippen LogP) is 1.49. The monoisotopic (exact) mass is 255 g/mol. The van der Waals surface area contributed by atoms with E-state index < -0.39 is 0 Å². The Bertz CT molecular complexity index is 248. The molecule has 0 unspecified atom stereocenters. The van der Waals surface area contributed by atoms with Crippen LogP contribution in [0.2, 0.25) is 0 Å². The minimum Gasteiger partial charge on any atom is -0.350 e. The number of hydrogen-bond donors (Lipinski definition) is 2. The van der Waals surface area contributed by atoms with Gasteiger partial charge in [-0.25, -0.2) is 0 Å². The molecule has 1 saturated heterocycles. The van der Waals surface area contributed by atoms with Crippen molar-refractivity contribution in [1.29, 1.82) is 0 Å². The molecule has 0 aromatic heterocycles. The summed E-state index contributed by atoms with van der Waals surface area (Å²) in [6, 6.07) is 0.324. The Hall–Kier alpha value is -0.610. The second kappa shape index (κ2) is 7.10. The van der Waals surface area contributed by atoms with Gasteiger partial charge in [-0.3, -0.25) is 9.69 Å². The molecule has 0 radical (unpaired) electrons. The van der Waals surface area contributed by atoms with E-state index in [9.17, 15) is 4.79 Å². The second-order valence-corrected chi connectivity index (χ2v) is 5.50. The van der Waals surface area contributed by atoms with E-state index in [1.165, 1.54) is 0 Å². The van der Waals surface area contributed by atoms with E-state index in [4.69, 9.17) is 5.73 Å². The molecule has 0 atom stereocenters. The van der Waals surface area contributed by atoms with Crippen LogP contribution < -0.4 is 11.1 Å². The molecular weight excluding hydrogens is 226 g/mol. The SMILES string of the molecule is CCC(CC)(CC)NC(=O)CN1CCC(N)CC1. The lowest BCUT2D eigenvalue weighted by molar-refractivity contribution is -0.124. The highest BCUT2D eigenvalue weighted by Crippen LogP contribution is 2.19. The number of hydrogen-bond acceptors (Lipinski definition) is 3. The van der Waals surface area contributed by atoms with Crippen LogP contribution in [-0.2, 0) is 4.79 Å². The molecule has 18 heavy (non-hydrogen) atoms. The molecule has 0 aromatic rings. The molecule has 0 aromatic carbocycles. The van der Waals surface area contributed by atoms with Gasteiger partial charge in [0.05, 0.1) is 6.54 Å². The molecule has 3 N–H and O–H groups in total. The first kappa shape index (κ1) is 15.4. The van der Waals surface area contributed by atoms with Gasteiger partial charge in [-0.1, -0.05) is 20.8 Å². The molecule has 4 heteroatoms. The summed E-state index contributed by atoms with van der Waals surface area (Å²) in [6.45, 7) is 8.86. The Morgan fingerprint density at radius 3 is 2.17 bits per heavy atom. The summed E-state index contributed by atoms with van der Waals surface area (Å²) >= 11 is 0. The van der Waals surface area contributed by atoms with Crippen LogP contribution in [0.1, 0.15) is 52.9 Å². The smallest absolute Gasteiger partial charge is 0.234 e. The van der Waals surface area contributed by atoms with Crippen LogP contribution in [0.4, 0.5) is 0 Å². The fourth-order valence-electron chi connectivity index (χ4n) is 2.66. The van der Waals surface area contributed by atoms with Gasteiger partial charge in [0.25, 0.3) is 0 Å². The number of amides is 1. The van der Waals surface area contributed by atoms with Crippen LogP contribution in [0.15, 0.2) is 0 Å². The van der Waals surface area contributed by atoms with Crippen LogP contribution in [0.5, 0.6) is 0 Å². The minimum absolute atomic E-state index is 0.0106. The summed E-state index contributed by atoms with van der Waals surface area (Å²) in [6.07, 6.45) is 5.01. The number of nitrogens with zero attached hydrogens (tertiary/aromatic N) is 1. The Morgan fingerprint density at radius 1 is 1.22 bits per heavy atom. The first-order chi connectivity index (χ1) is 8.55. The number of rotatable bonds is 6. The Morgan fingerprint density at radius 2 is 1.72 bits per heavy atom. The molecule has 1 rings (SSSR count). The molecule has 1 heterocycles. The van der Waals surface area contributed by atoms with E-state index in [1.54, 1.807) is 0 Å². The Kier molecular flexibility index (Phi) is 6.09. The van der Waals surface area contributed by atoms with Crippen molar-refractivity contribution in [1.82, 2.24) is 10.2 Å². The number of nitrogens with two attached hydrogens (primary N) is 1. The molecule has 4 nitrogen and oxygen atoms in total. The first-order valence-corrected chi connectivity index (χ1v) is 7.34. The van der Waals surface area contributed by atoms with E-state index in [1.807, 2.05) is 0 Å². The van der Waals surface area contributed by atoms with E-state index >= 15 is 0 Å². The Labute approximate surface area is 111 Å². The number of carbonyl (C=O) groups excluding carboxylic acids is 1. The van der Waals surface area contributed by atoms with E-state index in [-0.39, 0.29) is 11.4 Å². The lowest BCUT2D eigenvalue weighted by Crippen LogP contribution is -2.52. The molecule has 1 aliphatic rings. The third-order valence-electron chi connectivity index (χ3n) is 4.43. The van der Waals surface area contributed by atoms with Gasteiger partial charge in [0, 0.05) is 24.7 Å². The van der Waals surface area contributed by atoms with Crippen molar-refractivity contribution in [2.24, 2.45) is 5.73 Å². The van der Waals surface area contributed by atoms with Crippen molar-refractivity contribution in [3.8, 4) is 0 Å². The highest BCUT2D eigenvalue weighted by atomic mass is 16.2. The summed E-state index contributed by atoms with van der Waals surface area (Å²) in [7, 11) is 0. The zero-order chi connectivity index (χ0) is 13.6. The quantitative estimate of drug-likeness (QED) is 0.756. The van der Waals surface area contributed by atoms with Gasteiger partial charge in [-0.15, -0.1) is 0 Å². The fourth-order valence-corrected chi connectivity index (χ4v) is 2.66. The highest BCUT2D eigenvalue weighted by molar-refractivity contribution is 5.78. The zero-order valence-corrected chi connectivity index (χ0v) is 12.2. The molecule has 1 amide bonds. The predicted molar refractivity (Wildman–Crippen MR) is 75.4 cm³/mol. The third-order valence-corrected chi connectivity index (χ3v) is 4.43. The van der Waals surface area contributed by atoms with Crippen molar-refractivity contribution < 1.29 is 4.79 Å². The normalized spacial score (nSPS) is 18.9. The van der Waals surface area contributed by atoms with Crippen LogP contribution >= 0.6 is 0 Å². The maximum absolute atomic E-state index is 12.1. The average molecular weight is 255 g/mol. The minimum atomic E-state index is -0.0106. The van der Waals surface area contributed by atoms with Gasteiger partial charge >= 0.3 is 0 Å². The summed E-state index contributed by atoms with van der Waals surface area (Å²) in [5, 5.41) is 3.23. The molecule has 1 fully saturated rings. The number of likely N-dealkylation sites (tertiary alicyclic amines) is 1. The summed E-state index contributed by atoms with van der Waals surface area (Å²) in [5.74, 6) is 0.163. The van der Waals surface area contributed by atoms with Crippen molar-refractivity contribution >= 4 is 5.91 Å². The number of carbonyl (C=O) groups is 1. The molecular formula is C14H29N3O. The van der Waals surface area contributed by atoms with Gasteiger partial charge in [0.1, 0.15) is 0 Å². The first-order valence-electron chi connectivity index (χ1n) is 7.34. The fraction of sp³-hybridized carbons (Fsp3) is 0.929. The molecule has 106 valence electrons. The maximum atomic E-state index is 12.1. The van der Waals surface area contributed by atoms with Gasteiger partial charge in [-0.05, 0) is 32.1 Å². The van der Waals surface area contributed by atoms with Crippen molar-refractivity contribution in [2.75, 3.05) is 19.6 Å². The third kappa shape index (κ3) is 4.25. The van der Waals surface area contributed by atoms with Crippen LogP contribution in [0.25, 0.3) is 0 Å². The van der Waals surface area contributed by atoms with Gasteiger partial charge in [-0.2, -0.15) is 0 Å². The zero-order valence-electron chi connectivity index (χ0n) is 12.2. The van der Waals surface area contributed by atoms with Gasteiger partial charge in [0.2, 0.25) is 5.91 Å². The lowest BCUT2D eigenvalue weighted by atomic mass is 9.90. The second-order valence-electron chi connectivity index (χ2n) is 5.50. The number of piperidine rings is 1. The standard InChI is InChI=1S/C14H29N3O/c1-4-14(5-2,6-3)16-13(18)11-17-9-7-12(15)8-10-17/h12H,4-11,15H2,1-3H3,(H,16,18). The van der Waals surface area contributed by atoms with E-state index in [2.05, 4.69) is 31.0 Å². The van der Waals surface area contributed by atoms with Crippen molar-refractivity contribution in [2.45, 2.75) is 64.5 Å². The lowest BCUT2D eigenvalue weighted by Gasteiger charge is -2.34. The average Bonchev–Trinajstić information content (AvgIpc) is 2.39. The van der Waals surface area contributed by atoms with E-state index in [0.717, 1.165) is 45.2 Å². The van der Waals surface area contributed by atoms with Crippen LogP contribution in [0, 0.1) is 0 Å². The number of nitrogens with one attached hydrogen (secondary N) is 1. The molecule has 0 spiro atoms. The van der Waals surface area contributed by atoms with Crippen LogP contribution in [0.3, 0.4) is 0 Å². The molecule has 1 aliphatic heterocycles. The molecule has 0 bridgehead atoms.